The van der Waals surface area contributed by atoms with Gasteiger partial charge in [0.2, 0.25) is 0 Å². The molecule has 2 saturated heterocycles. The standard InChI is InChI=1S/C43H43N9O16/c1-22(54)60-20-30-33(56)27(19-53)32(49-52-46)42(63-30)67-35-29(48-51-45)18-28(47-50-44)34(62-23(2)55)37(35)68-43-38(66-41(59)26-16-10-5-11-17-26)36(65-40(58)25-14-8-4-9-15-25)31(64-43)21-61-39(57)24-12-6-3-7-13-24/h3-17,19,27-38,42-43,56H,18,20-21H2,1-2H3/t27-,28-,29?,30?,31-,32?,33+,34-,35-,36?,37?,38+,42-,43+/m1/s1. The van der Waals surface area contributed by atoms with E-state index in [1.807, 2.05) is 0 Å². The van der Waals surface area contributed by atoms with Crippen molar-refractivity contribution in [1.82, 2.24) is 0 Å². The summed E-state index contributed by atoms with van der Waals surface area (Å²) in [6.07, 6.45) is -17.3. The largest absolute Gasteiger partial charge is 0.463 e. The van der Waals surface area contributed by atoms with Crippen LogP contribution >= 0.6 is 0 Å². The third-order valence-electron chi connectivity index (χ3n) is 10.9. The molecule has 1 N–H and O–H groups in total. The summed E-state index contributed by atoms with van der Waals surface area (Å²) in [5.74, 6) is -6.01. The van der Waals surface area contributed by atoms with E-state index in [2.05, 4.69) is 30.1 Å². The van der Waals surface area contributed by atoms with Crippen molar-refractivity contribution in [1.29, 1.82) is 0 Å². The highest BCUT2D eigenvalue weighted by Crippen LogP contribution is 2.39. The molecule has 3 aliphatic rings. The number of carbonyl (C=O) groups is 6. The van der Waals surface area contributed by atoms with Gasteiger partial charge in [-0.3, -0.25) is 9.59 Å². The number of carbonyl (C=O) groups excluding carboxylic acids is 6. The van der Waals surface area contributed by atoms with Crippen molar-refractivity contribution in [3.8, 4) is 0 Å². The van der Waals surface area contributed by atoms with E-state index < -0.39 is 135 Å². The molecule has 68 heavy (non-hydrogen) atoms. The Balaban J connectivity index is 1.46. The molecule has 0 radical (unpaired) electrons. The van der Waals surface area contributed by atoms with Gasteiger partial charge in [0.15, 0.2) is 24.8 Å². The first-order valence-corrected chi connectivity index (χ1v) is 20.8. The number of rotatable bonds is 18. The molecule has 3 fully saturated rings. The van der Waals surface area contributed by atoms with Gasteiger partial charge in [0.1, 0.15) is 50.0 Å². The SMILES string of the molecule is CC(=O)OCC1O[C@H](O[C@@H]2C(N=[N+]=[N-])C[C@@H](N=[N+]=[N-])[C@@H](OC(C)=O)C2O[C@@H]2O[C@H](COC(=O)c3ccccc3)C(OC(=O)c3ccccc3)[C@@H]2OC(=O)c2ccccc2)C(N=[N+]=[N-])[C@@H](C=O)[C@@H]1O. The van der Waals surface area contributed by atoms with Gasteiger partial charge in [0.25, 0.3) is 0 Å². The molecule has 1 aliphatic carbocycles. The molecule has 1 saturated carbocycles. The summed E-state index contributed by atoms with van der Waals surface area (Å²) in [6.45, 7) is 0.827. The van der Waals surface area contributed by atoms with Crippen molar-refractivity contribution in [3.63, 3.8) is 0 Å². The topological polar surface area (TPSA) is 352 Å². The van der Waals surface area contributed by atoms with E-state index in [4.69, 9.17) is 42.6 Å². The van der Waals surface area contributed by atoms with Crippen LogP contribution in [0.15, 0.2) is 106 Å². The zero-order chi connectivity index (χ0) is 48.7. The summed E-state index contributed by atoms with van der Waals surface area (Å²) in [7, 11) is 0. The summed E-state index contributed by atoms with van der Waals surface area (Å²) in [5.41, 5.74) is 29.3. The van der Waals surface area contributed by atoms with Crippen molar-refractivity contribution in [2.75, 3.05) is 13.2 Å². The minimum absolute atomic E-state index is 0.0237. The zero-order valence-corrected chi connectivity index (χ0v) is 36.0. The van der Waals surface area contributed by atoms with E-state index in [1.165, 1.54) is 36.4 Å². The van der Waals surface area contributed by atoms with Crippen LogP contribution in [0.25, 0.3) is 31.3 Å². The molecule has 6 rings (SSSR count). The van der Waals surface area contributed by atoms with E-state index in [0.29, 0.717) is 0 Å². The minimum atomic E-state index is -1.91. The highest BCUT2D eigenvalue weighted by atomic mass is 16.8. The number of esters is 5. The van der Waals surface area contributed by atoms with Crippen molar-refractivity contribution in [3.05, 3.63) is 139 Å². The summed E-state index contributed by atoms with van der Waals surface area (Å²) in [5, 5.41) is 22.3. The fourth-order valence-electron chi connectivity index (χ4n) is 7.79. The molecule has 2 heterocycles. The lowest BCUT2D eigenvalue weighted by molar-refractivity contribution is -0.304. The molecule has 0 aromatic heterocycles. The number of aliphatic hydroxyl groups excluding tert-OH is 1. The smallest absolute Gasteiger partial charge is 0.338 e. The second kappa shape index (κ2) is 23.7. The average Bonchev–Trinajstić information content (AvgIpc) is 3.65. The number of hydrogen-bond acceptors (Lipinski definition) is 19. The summed E-state index contributed by atoms with van der Waals surface area (Å²) in [6, 6.07) is 18.6. The first kappa shape index (κ1) is 49.8. The monoisotopic (exact) mass is 941 g/mol. The second-order valence-corrected chi connectivity index (χ2v) is 15.3. The van der Waals surface area contributed by atoms with Gasteiger partial charge in [-0.15, -0.1) is 0 Å². The van der Waals surface area contributed by atoms with Gasteiger partial charge in [-0.25, -0.2) is 14.4 Å². The molecular weight excluding hydrogens is 899 g/mol. The molecule has 356 valence electrons. The third-order valence-corrected chi connectivity index (χ3v) is 10.9. The normalized spacial score (nSPS) is 29.5. The van der Waals surface area contributed by atoms with Gasteiger partial charge in [0, 0.05) is 28.6 Å². The van der Waals surface area contributed by atoms with Crippen molar-refractivity contribution < 1.29 is 76.5 Å². The van der Waals surface area contributed by atoms with Crippen LogP contribution in [0.5, 0.6) is 0 Å². The van der Waals surface area contributed by atoms with Crippen molar-refractivity contribution in [2.24, 2.45) is 21.3 Å². The molecular formula is C43H43N9O16. The number of nitrogens with zero attached hydrogens (tertiary/aromatic N) is 9. The van der Waals surface area contributed by atoms with Crippen LogP contribution in [0.2, 0.25) is 0 Å². The maximum atomic E-state index is 13.9. The third kappa shape index (κ3) is 12.2. The van der Waals surface area contributed by atoms with Crippen molar-refractivity contribution >= 4 is 36.1 Å². The molecule has 0 amide bonds. The highest BCUT2D eigenvalue weighted by Gasteiger charge is 2.57. The number of ether oxygens (including phenoxy) is 9. The van der Waals surface area contributed by atoms with Crippen LogP contribution in [0.4, 0.5) is 0 Å². The number of azide groups is 3. The lowest BCUT2D eigenvalue weighted by Gasteiger charge is -2.47. The Kier molecular flexibility index (Phi) is 17.4. The highest BCUT2D eigenvalue weighted by molar-refractivity contribution is 5.91. The molecule has 14 atom stereocenters. The van der Waals surface area contributed by atoms with Gasteiger partial charge in [0.05, 0.1) is 46.9 Å². The number of benzene rings is 3. The fraction of sp³-hybridized carbons (Fsp3) is 0.442. The lowest BCUT2D eigenvalue weighted by Crippen LogP contribution is -2.63. The van der Waals surface area contributed by atoms with Crippen LogP contribution in [-0.4, -0.2) is 134 Å². The van der Waals surface area contributed by atoms with Crippen LogP contribution in [0.3, 0.4) is 0 Å². The van der Waals surface area contributed by atoms with Gasteiger partial charge in [-0.1, -0.05) is 69.9 Å². The predicted octanol–water partition coefficient (Wildman–Crippen LogP) is 4.63. The molecule has 3 aromatic carbocycles. The maximum absolute atomic E-state index is 13.9. The Morgan fingerprint density at radius 3 is 1.60 bits per heavy atom. The van der Waals surface area contributed by atoms with E-state index in [-0.39, 0.29) is 23.0 Å². The Hall–Kier alpha value is -7.59. The Bertz CT molecular complexity index is 2420. The van der Waals surface area contributed by atoms with Crippen LogP contribution in [0, 0.1) is 5.92 Å². The summed E-state index contributed by atoms with van der Waals surface area (Å²) >= 11 is 0. The minimum Gasteiger partial charge on any atom is -0.463 e. The maximum Gasteiger partial charge on any atom is 0.338 e. The Morgan fingerprint density at radius 1 is 0.603 bits per heavy atom. The second-order valence-electron chi connectivity index (χ2n) is 15.3. The van der Waals surface area contributed by atoms with Gasteiger partial charge in [-0.05, 0) is 59.4 Å². The van der Waals surface area contributed by atoms with E-state index in [9.17, 15) is 50.5 Å². The molecule has 0 spiro atoms. The van der Waals surface area contributed by atoms with E-state index in [1.54, 1.807) is 54.6 Å². The number of aliphatic hydroxyl groups is 1. The molecule has 25 nitrogen and oxygen atoms in total. The van der Waals surface area contributed by atoms with Crippen LogP contribution in [0.1, 0.15) is 51.3 Å². The molecule has 25 heteroatoms. The van der Waals surface area contributed by atoms with E-state index >= 15 is 0 Å². The van der Waals surface area contributed by atoms with Gasteiger partial charge < -0.3 is 52.5 Å². The van der Waals surface area contributed by atoms with Crippen molar-refractivity contribution in [2.45, 2.75) is 99.8 Å². The Labute approximate surface area is 385 Å². The number of aldehydes is 1. The fourth-order valence-corrected chi connectivity index (χ4v) is 7.79. The summed E-state index contributed by atoms with van der Waals surface area (Å²) < 4.78 is 53.6. The lowest BCUT2D eigenvalue weighted by atomic mass is 9.83. The van der Waals surface area contributed by atoms with Gasteiger partial charge in [-0.2, -0.15) is 0 Å². The summed E-state index contributed by atoms with van der Waals surface area (Å²) in [4.78, 5) is 86.6. The first-order valence-electron chi connectivity index (χ1n) is 20.8. The van der Waals surface area contributed by atoms with Gasteiger partial charge >= 0.3 is 29.8 Å². The predicted molar refractivity (Wildman–Crippen MR) is 226 cm³/mol. The van der Waals surface area contributed by atoms with E-state index in [0.717, 1.165) is 13.8 Å². The molecule has 0 bridgehead atoms. The molecule has 2 aliphatic heterocycles. The average molecular weight is 942 g/mol. The zero-order valence-electron chi connectivity index (χ0n) is 36.0. The Morgan fingerprint density at radius 2 is 1.09 bits per heavy atom. The quantitative estimate of drug-likeness (QED) is 0.0454. The first-order chi connectivity index (χ1) is 32.9. The molecule has 5 unspecified atom stereocenters. The molecule has 3 aromatic rings. The van der Waals surface area contributed by atoms with Crippen LogP contribution in [-0.2, 0) is 57.0 Å². The number of hydrogen-bond donors (Lipinski definition) is 1. The van der Waals surface area contributed by atoms with Crippen LogP contribution < -0.4 is 0 Å².